The van der Waals surface area contributed by atoms with Gasteiger partial charge >= 0.3 is 0 Å². The molecule has 1 aliphatic carbocycles. The zero-order chi connectivity index (χ0) is 15.9. The van der Waals surface area contributed by atoms with Crippen molar-refractivity contribution in [3.8, 4) is 0 Å². The highest BCUT2D eigenvalue weighted by atomic mass is 16.5. The number of methoxy groups -OCH3 is 2. The van der Waals surface area contributed by atoms with Gasteiger partial charge in [0.25, 0.3) is 0 Å². The number of hydrogen-bond acceptors (Lipinski definition) is 5. The summed E-state index contributed by atoms with van der Waals surface area (Å²) in [6.07, 6.45) is 2.96. The zero-order valence-corrected chi connectivity index (χ0v) is 13.9. The Morgan fingerprint density at radius 2 is 2.05 bits per heavy atom. The fourth-order valence-electron chi connectivity index (χ4n) is 2.42. The summed E-state index contributed by atoms with van der Waals surface area (Å²) in [5, 5.41) is 3.39. The molecule has 3 N–H and O–H groups in total. The lowest BCUT2D eigenvalue weighted by Crippen LogP contribution is -2.56. The van der Waals surface area contributed by atoms with Crippen molar-refractivity contribution in [3.05, 3.63) is 0 Å². The molecule has 1 saturated carbocycles. The van der Waals surface area contributed by atoms with E-state index in [2.05, 4.69) is 17.1 Å². The molecule has 0 aromatic heterocycles. The summed E-state index contributed by atoms with van der Waals surface area (Å²) in [5.41, 5.74) is 4.96. The molecular weight excluding hydrogens is 270 g/mol. The van der Waals surface area contributed by atoms with Crippen LogP contribution in [0, 0.1) is 0 Å². The second kappa shape index (κ2) is 8.68. The highest BCUT2D eigenvalue weighted by Gasteiger charge is 2.37. The van der Waals surface area contributed by atoms with E-state index in [0.717, 1.165) is 25.9 Å². The Balaban J connectivity index is 2.56. The Hall–Kier alpha value is -0.690. The molecule has 0 aromatic carbocycles. The van der Waals surface area contributed by atoms with E-state index in [1.807, 2.05) is 6.92 Å². The molecular formula is C15H31N3O3. The maximum absolute atomic E-state index is 11.8. The molecule has 0 aromatic rings. The Kier molecular flexibility index (Phi) is 7.59. The maximum atomic E-state index is 11.8. The Morgan fingerprint density at radius 3 is 2.52 bits per heavy atom. The van der Waals surface area contributed by atoms with Crippen molar-refractivity contribution in [3.63, 3.8) is 0 Å². The van der Waals surface area contributed by atoms with E-state index in [1.165, 1.54) is 0 Å². The van der Waals surface area contributed by atoms with E-state index >= 15 is 0 Å². The molecule has 124 valence electrons. The molecule has 1 amide bonds. The number of nitrogens with two attached hydrogens (primary N) is 1. The number of ether oxygens (including phenoxy) is 2. The number of amides is 1. The van der Waals surface area contributed by atoms with Crippen LogP contribution in [0.25, 0.3) is 0 Å². The minimum Gasteiger partial charge on any atom is -0.383 e. The van der Waals surface area contributed by atoms with Crippen molar-refractivity contribution in [2.45, 2.75) is 50.7 Å². The molecule has 1 fully saturated rings. The molecule has 0 spiro atoms. The maximum Gasteiger partial charge on any atom is 0.237 e. The summed E-state index contributed by atoms with van der Waals surface area (Å²) in [4.78, 5) is 14.1. The normalized spacial score (nSPS) is 19.5. The number of primary amides is 1. The molecule has 6 nitrogen and oxygen atoms in total. The SMILES string of the molecule is COCCN(CCC(C)(NC1CC1)C(N)=O)C(C)COC. The molecule has 0 bridgehead atoms. The molecule has 0 aliphatic heterocycles. The third-order valence-electron chi connectivity index (χ3n) is 4.16. The highest BCUT2D eigenvalue weighted by molar-refractivity contribution is 5.84. The topological polar surface area (TPSA) is 76.8 Å². The first-order chi connectivity index (χ1) is 9.92. The number of nitrogens with one attached hydrogen (secondary N) is 1. The molecule has 1 aliphatic rings. The number of carbonyl (C=O) groups is 1. The highest BCUT2D eigenvalue weighted by Crippen LogP contribution is 2.24. The van der Waals surface area contributed by atoms with Crippen LogP contribution in [-0.2, 0) is 14.3 Å². The third-order valence-corrected chi connectivity index (χ3v) is 4.16. The molecule has 21 heavy (non-hydrogen) atoms. The average molecular weight is 301 g/mol. The first-order valence-corrected chi connectivity index (χ1v) is 7.72. The first kappa shape index (κ1) is 18.4. The number of nitrogens with zero attached hydrogens (tertiary/aromatic N) is 1. The predicted octanol–water partition coefficient (Wildman–Crippen LogP) is 0.356. The summed E-state index contributed by atoms with van der Waals surface area (Å²) < 4.78 is 10.4. The quantitative estimate of drug-likeness (QED) is 0.544. The lowest BCUT2D eigenvalue weighted by atomic mass is 9.96. The number of rotatable bonds is 12. The molecule has 0 heterocycles. The summed E-state index contributed by atoms with van der Waals surface area (Å²) in [5.74, 6) is -0.277. The van der Waals surface area contributed by atoms with Gasteiger partial charge in [-0.3, -0.25) is 9.69 Å². The summed E-state index contributed by atoms with van der Waals surface area (Å²) in [7, 11) is 3.40. The van der Waals surface area contributed by atoms with Gasteiger partial charge in [0.2, 0.25) is 5.91 Å². The summed E-state index contributed by atoms with van der Waals surface area (Å²) >= 11 is 0. The van der Waals surface area contributed by atoms with E-state index in [1.54, 1.807) is 14.2 Å². The van der Waals surface area contributed by atoms with Crippen molar-refractivity contribution >= 4 is 5.91 Å². The Labute approximate surface area is 128 Å². The minimum absolute atomic E-state index is 0.277. The predicted molar refractivity (Wildman–Crippen MR) is 83.2 cm³/mol. The van der Waals surface area contributed by atoms with Crippen LogP contribution in [0.1, 0.15) is 33.1 Å². The van der Waals surface area contributed by atoms with Crippen LogP contribution >= 0.6 is 0 Å². The average Bonchev–Trinajstić information content (AvgIpc) is 3.22. The van der Waals surface area contributed by atoms with Crippen molar-refractivity contribution < 1.29 is 14.3 Å². The van der Waals surface area contributed by atoms with Crippen LogP contribution in [0.3, 0.4) is 0 Å². The smallest absolute Gasteiger partial charge is 0.237 e. The van der Waals surface area contributed by atoms with Crippen molar-refractivity contribution in [1.29, 1.82) is 0 Å². The largest absolute Gasteiger partial charge is 0.383 e. The van der Waals surface area contributed by atoms with Gasteiger partial charge in [0.1, 0.15) is 0 Å². The second-order valence-corrected chi connectivity index (χ2v) is 6.20. The van der Waals surface area contributed by atoms with E-state index in [-0.39, 0.29) is 11.9 Å². The third kappa shape index (κ3) is 6.30. The van der Waals surface area contributed by atoms with Gasteiger partial charge in [0, 0.05) is 39.4 Å². The zero-order valence-electron chi connectivity index (χ0n) is 13.9. The van der Waals surface area contributed by atoms with Gasteiger partial charge in [-0.2, -0.15) is 0 Å². The molecule has 6 heteroatoms. The summed E-state index contributed by atoms with van der Waals surface area (Å²) in [6, 6.07) is 0.731. The standard InChI is InChI=1S/C15H31N3O3/c1-12(11-21-4)18(9-10-20-3)8-7-15(2,14(16)19)17-13-5-6-13/h12-13,17H,5-11H2,1-4H3,(H2,16,19). The first-order valence-electron chi connectivity index (χ1n) is 7.72. The molecule has 0 radical (unpaired) electrons. The molecule has 2 unspecified atom stereocenters. The lowest BCUT2D eigenvalue weighted by molar-refractivity contribution is -0.124. The lowest BCUT2D eigenvalue weighted by Gasteiger charge is -2.33. The van der Waals surface area contributed by atoms with Crippen molar-refractivity contribution in [2.24, 2.45) is 5.73 Å². The van der Waals surface area contributed by atoms with Crippen LogP contribution in [-0.4, -0.2) is 69.0 Å². The Morgan fingerprint density at radius 1 is 1.38 bits per heavy atom. The van der Waals surface area contributed by atoms with Crippen LogP contribution < -0.4 is 11.1 Å². The number of hydrogen-bond donors (Lipinski definition) is 2. The van der Waals surface area contributed by atoms with E-state index in [4.69, 9.17) is 15.2 Å². The fraction of sp³-hybridized carbons (Fsp3) is 0.933. The van der Waals surface area contributed by atoms with E-state index < -0.39 is 5.54 Å². The van der Waals surface area contributed by atoms with Crippen LogP contribution in [0.15, 0.2) is 0 Å². The van der Waals surface area contributed by atoms with Crippen LogP contribution in [0.4, 0.5) is 0 Å². The molecule has 1 rings (SSSR count). The number of carbonyl (C=O) groups excluding carboxylic acids is 1. The van der Waals surface area contributed by atoms with Gasteiger partial charge in [0.15, 0.2) is 0 Å². The summed E-state index contributed by atoms with van der Waals surface area (Å²) in [6.45, 7) is 6.95. The van der Waals surface area contributed by atoms with Crippen molar-refractivity contribution in [1.82, 2.24) is 10.2 Å². The molecule has 2 atom stereocenters. The monoisotopic (exact) mass is 301 g/mol. The van der Waals surface area contributed by atoms with Crippen molar-refractivity contribution in [2.75, 3.05) is 40.5 Å². The van der Waals surface area contributed by atoms with Gasteiger partial charge in [-0.25, -0.2) is 0 Å². The van der Waals surface area contributed by atoms with Gasteiger partial charge < -0.3 is 20.5 Å². The Bertz CT molecular complexity index is 323. The van der Waals surface area contributed by atoms with Crippen LogP contribution in [0.5, 0.6) is 0 Å². The molecule has 0 saturated heterocycles. The minimum atomic E-state index is -0.640. The van der Waals surface area contributed by atoms with E-state index in [0.29, 0.717) is 25.7 Å². The van der Waals surface area contributed by atoms with Gasteiger partial charge in [-0.05, 0) is 33.1 Å². The van der Waals surface area contributed by atoms with E-state index in [9.17, 15) is 4.79 Å². The fourth-order valence-corrected chi connectivity index (χ4v) is 2.42. The van der Waals surface area contributed by atoms with Gasteiger partial charge in [-0.15, -0.1) is 0 Å². The van der Waals surface area contributed by atoms with Gasteiger partial charge in [0.05, 0.1) is 18.8 Å². The second-order valence-electron chi connectivity index (χ2n) is 6.20. The van der Waals surface area contributed by atoms with Crippen LogP contribution in [0.2, 0.25) is 0 Å². The van der Waals surface area contributed by atoms with Gasteiger partial charge in [-0.1, -0.05) is 0 Å².